The van der Waals surface area contributed by atoms with Crippen LogP contribution in [-0.4, -0.2) is 38.9 Å². The summed E-state index contributed by atoms with van der Waals surface area (Å²) in [7, 11) is -3.05. The molecule has 1 aliphatic rings. The number of unbranched alkanes of at least 4 members (excludes halogenated alkanes) is 1. The van der Waals surface area contributed by atoms with Crippen LogP contribution in [0.2, 0.25) is 0 Å². The smallest absolute Gasteiger partial charge is 0.236 e. The molecule has 0 spiro atoms. The van der Waals surface area contributed by atoms with Gasteiger partial charge in [0.25, 0.3) is 0 Å². The van der Waals surface area contributed by atoms with Crippen LogP contribution < -0.4 is 11.1 Å². The fourth-order valence-electron chi connectivity index (χ4n) is 2.67. The lowest BCUT2D eigenvalue weighted by atomic mass is 10.0. The van der Waals surface area contributed by atoms with E-state index in [4.69, 9.17) is 5.73 Å². The lowest BCUT2D eigenvalue weighted by Gasteiger charge is -2.12. The van der Waals surface area contributed by atoms with Crippen LogP contribution in [0.5, 0.6) is 0 Å². The molecular formula is C14H29ClN2O3S. The predicted octanol–water partition coefficient (Wildman–Crippen LogP) is 1.65. The van der Waals surface area contributed by atoms with Crippen molar-refractivity contribution in [1.82, 2.24) is 5.32 Å². The molecule has 5 nitrogen and oxygen atoms in total. The summed E-state index contributed by atoms with van der Waals surface area (Å²) >= 11 is 0. The van der Waals surface area contributed by atoms with Gasteiger partial charge in [-0.3, -0.25) is 4.79 Å². The molecule has 0 aromatic rings. The van der Waals surface area contributed by atoms with E-state index in [0.29, 0.717) is 6.54 Å². The fourth-order valence-corrected chi connectivity index (χ4v) is 3.35. The zero-order valence-electron chi connectivity index (χ0n) is 12.8. The number of halogens is 1. The van der Waals surface area contributed by atoms with Crippen molar-refractivity contribution in [2.45, 2.75) is 57.4 Å². The quantitative estimate of drug-likeness (QED) is 0.624. The number of nitrogens with one attached hydrogen (secondary N) is 1. The van der Waals surface area contributed by atoms with Gasteiger partial charge in [0.1, 0.15) is 9.84 Å². The Morgan fingerprint density at radius 1 is 1.29 bits per heavy atom. The Bertz CT molecular complexity index is 395. The first-order valence-electron chi connectivity index (χ1n) is 7.59. The molecular weight excluding hydrogens is 312 g/mol. The molecule has 0 aromatic carbocycles. The number of sulfone groups is 1. The maximum atomic E-state index is 11.6. The second kappa shape index (κ2) is 10.4. The number of amides is 1. The summed E-state index contributed by atoms with van der Waals surface area (Å²) < 4.78 is 22.0. The van der Waals surface area contributed by atoms with Gasteiger partial charge in [-0.15, -0.1) is 12.4 Å². The molecule has 1 amide bonds. The molecule has 1 unspecified atom stereocenters. The summed E-state index contributed by atoms with van der Waals surface area (Å²) in [4.78, 5) is 11.6. The molecule has 0 radical (unpaired) electrons. The summed E-state index contributed by atoms with van der Waals surface area (Å²) in [5.41, 5.74) is 5.66. The fraction of sp³-hybridized carbons (Fsp3) is 0.929. The van der Waals surface area contributed by atoms with Crippen LogP contribution >= 0.6 is 12.4 Å². The van der Waals surface area contributed by atoms with E-state index in [0.717, 1.165) is 25.0 Å². The van der Waals surface area contributed by atoms with E-state index in [1.807, 2.05) is 0 Å². The second-order valence-corrected chi connectivity index (χ2v) is 8.22. The molecule has 0 aromatic heterocycles. The van der Waals surface area contributed by atoms with Crippen LogP contribution in [-0.2, 0) is 14.6 Å². The topological polar surface area (TPSA) is 89.3 Å². The number of hydrogen-bond acceptors (Lipinski definition) is 4. The lowest BCUT2D eigenvalue weighted by molar-refractivity contribution is -0.122. The molecule has 0 aliphatic heterocycles. The first-order chi connectivity index (χ1) is 9.38. The lowest BCUT2D eigenvalue weighted by Crippen LogP contribution is -2.41. The van der Waals surface area contributed by atoms with Gasteiger partial charge in [-0.2, -0.15) is 0 Å². The van der Waals surface area contributed by atoms with Crippen molar-refractivity contribution in [2.75, 3.05) is 18.6 Å². The molecule has 1 saturated carbocycles. The molecule has 1 rings (SSSR count). The van der Waals surface area contributed by atoms with Crippen LogP contribution in [0.15, 0.2) is 0 Å². The number of carbonyl (C=O) groups excluding carboxylic acids is 1. The third kappa shape index (κ3) is 10.1. The zero-order valence-corrected chi connectivity index (χ0v) is 14.5. The Kier molecular flexibility index (Phi) is 10.2. The molecule has 0 heterocycles. The maximum absolute atomic E-state index is 11.6. The first-order valence-corrected chi connectivity index (χ1v) is 9.65. The van der Waals surface area contributed by atoms with Crippen molar-refractivity contribution in [1.29, 1.82) is 0 Å². The molecule has 1 atom stereocenters. The van der Waals surface area contributed by atoms with E-state index in [-0.39, 0.29) is 30.5 Å². The molecule has 0 bridgehead atoms. The third-order valence-corrected chi connectivity index (χ3v) is 4.93. The Hall–Kier alpha value is -0.330. The van der Waals surface area contributed by atoms with Gasteiger partial charge in [0.2, 0.25) is 5.91 Å². The number of nitrogens with two attached hydrogens (primary N) is 1. The minimum Gasteiger partial charge on any atom is -0.355 e. The van der Waals surface area contributed by atoms with Crippen molar-refractivity contribution >= 4 is 28.2 Å². The molecule has 7 heteroatoms. The molecule has 1 fully saturated rings. The number of rotatable bonds is 9. The van der Waals surface area contributed by atoms with Crippen molar-refractivity contribution < 1.29 is 13.2 Å². The second-order valence-electron chi connectivity index (χ2n) is 5.96. The van der Waals surface area contributed by atoms with Gasteiger partial charge in [-0.05, 0) is 18.8 Å². The van der Waals surface area contributed by atoms with Gasteiger partial charge in [-0.25, -0.2) is 8.42 Å². The van der Waals surface area contributed by atoms with Crippen molar-refractivity contribution in [2.24, 2.45) is 11.7 Å². The number of carbonyl (C=O) groups is 1. The Balaban J connectivity index is 0.00000400. The van der Waals surface area contributed by atoms with Crippen LogP contribution in [0.1, 0.15) is 51.4 Å². The van der Waals surface area contributed by atoms with Gasteiger partial charge in [-0.1, -0.05) is 38.5 Å². The zero-order chi connectivity index (χ0) is 15.0. The predicted molar refractivity (Wildman–Crippen MR) is 88.4 cm³/mol. The Morgan fingerprint density at radius 3 is 2.48 bits per heavy atom. The highest BCUT2D eigenvalue weighted by molar-refractivity contribution is 7.90. The summed E-state index contributed by atoms with van der Waals surface area (Å²) in [5.74, 6) is 0.612. The maximum Gasteiger partial charge on any atom is 0.236 e. The Morgan fingerprint density at radius 2 is 1.90 bits per heavy atom. The van der Waals surface area contributed by atoms with Gasteiger partial charge < -0.3 is 11.1 Å². The largest absolute Gasteiger partial charge is 0.355 e. The SMILES string of the molecule is CS(=O)(=O)CCC(N)C(=O)NCCCCC1CCCC1.Cl. The minimum absolute atomic E-state index is 0. The third-order valence-electron chi connectivity index (χ3n) is 3.95. The average molecular weight is 341 g/mol. The van der Waals surface area contributed by atoms with Gasteiger partial charge in [0.15, 0.2) is 0 Å². The van der Waals surface area contributed by atoms with E-state index in [9.17, 15) is 13.2 Å². The summed E-state index contributed by atoms with van der Waals surface area (Å²) in [6, 6.07) is -0.723. The van der Waals surface area contributed by atoms with Crippen molar-refractivity contribution in [3.05, 3.63) is 0 Å². The van der Waals surface area contributed by atoms with Crippen LogP contribution in [0.3, 0.4) is 0 Å². The molecule has 21 heavy (non-hydrogen) atoms. The highest BCUT2D eigenvalue weighted by Gasteiger charge is 2.16. The Labute approximate surface area is 134 Å². The summed E-state index contributed by atoms with van der Waals surface area (Å²) in [5, 5.41) is 2.79. The van der Waals surface area contributed by atoms with Gasteiger partial charge in [0.05, 0.1) is 11.8 Å². The molecule has 3 N–H and O–H groups in total. The van der Waals surface area contributed by atoms with Crippen molar-refractivity contribution in [3.63, 3.8) is 0 Å². The monoisotopic (exact) mass is 340 g/mol. The summed E-state index contributed by atoms with van der Waals surface area (Å²) in [6.07, 6.45) is 10.2. The standard InChI is InChI=1S/C14H28N2O3S.ClH/c1-20(18,19)11-9-13(15)14(17)16-10-5-4-8-12-6-2-3-7-12;/h12-13H,2-11,15H2,1H3,(H,16,17);1H. The number of hydrogen-bond donors (Lipinski definition) is 2. The minimum atomic E-state index is -3.05. The van der Waals surface area contributed by atoms with Crippen LogP contribution in [0, 0.1) is 5.92 Å². The van der Waals surface area contributed by atoms with Gasteiger partial charge >= 0.3 is 0 Å². The van der Waals surface area contributed by atoms with Gasteiger partial charge in [0, 0.05) is 12.8 Å². The highest BCUT2D eigenvalue weighted by Crippen LogP contribution is 2.28. The van der Waals surface area contributed by atoms with Crippen molar-refractivity contribution in [3.8, 4) is 0 Å². The molecule has 126 valence electrons. The van der Waals surface area contributed by atoms with E-state index in [1.165, 1.54) is 32.1 Å². The summed E-state index contributed by atoms with van der Waals surface area (Å²) in [6.45, 7) is 0.637. The normalized spacial score (nSPS) is 17.2. The first kappa shape index (κ1) is 20.7. The highest BCUT2D eigenvalue weighted by atomic mass is 35.5. The molecule has 1 aliphatic carbocycles. The van der Waals surface area contributed by atoms with E-state index in [2.05, 4.69) is 5.32 Å². The van der Waals surface area contributed by atoms with E-state index >= 15 is 0 Å². The average Bonchev–Trinajstić information content (AvgIpc) is 2.87. The van der Waals surface area contributed by atoms with E-state index in [1.54, 1.807) is 0 Å². The van der Waals surface area contributed by atoms with Crippen LogP contribution in [0.4, 0.5) is 0 Å². The molecule has 0 saturated heterocycles. The van der Waals surface area contributed by atoms with Crippen LogP contribution in [0.25, 0.3) is 0 Å². The van der Waals surface area contributed by atoms with E-state index < -0.39 is 15.9 Å².